The Morgan fingerprint density at radius 3 is 2.44 bits per heavy atom. The first-order valence-electron chi connectivity index (χ1n) is 8.99. The summed E-state index contributed by atoms with van der Waals surface area (Å²) in [6.07, 6.45) is 1.65. The molecule has 0 bridgehead atoms. The Balaban J connectivity index is 1.64. The quantitative estimate of drug-likeness (QED) is 0.539. The standard InChI is InChI=1S/C20H25ClN4O2/c1-26-18(20(23-27-2)16-6-8-17(21)9-7-16)15-24-11-13-25(14-12-24)19-5-3-4-10-22-19/h3-10,18H,11-15H2,1-2H3/b23-20-. The molecule has 2 heterocycles. The van der Waals surface area contributed by atoms with Crippen LogP contribution in [0.2, 0.25) is 5.02 Å². The molecule has 1 saturated heterocycles. The number of anilines is 1. The molecule has 1 aliphatic heterocycles. The molecule has 1 aliphatic rings. The van der Waals surface area contributed by atoms with Gasteiger partial charge in [0.2, 0.25) is 0 Å². The second-order valence-electron chi connectivity index (χ2n) is 6.37. The van der Waals surface area contributed by atoms with Gasteiger partial charge in [-0.15, -0.1) is 0 Å². The second kappa shape index (κ2) is 9.69. The molecule has 3 rings (SSSR count). The lowest BCUT2D eigenvalue weighted by Gasteiger charge is -2.36. The van der Waals surface area contributed by atoms with E-state index in [0.717, 1.165) is 49.8 Å². The van der Waals surface area contributed by atoms with Crippen molar-refractivity contribution in [2.75, 3.05) is 51.8 Å². The van der Waals surface area contributed by atoms with Crippen molar-refractivity contribution in [3.63, 3.8) is 0 Å². The summed E-state index contributed by atoms with van der Waals surface area (Å²) >= 11 is 6.01. The molecule has 0 N–H and O–H groups in total. The summed E-state index contributed by atoms with van der Waals surface area (Å²) in [5.41, 5.74) is 1.71. The zero-order chi connectivity index (χ0) is 19.1. The zero-order valence-electron chi connectivity index (χ0n) is 15.7. The van der Waals surface area contributed by atoms with Gasteiger partial charge >= 0.3 is 0 Å². The maximum atomic E-state index is 6.01. The molecule has 1 aromatic carbocycles. The molecule has 1 fully saturated rings. The zero-order valence-corrected chi connectivity index (χ0v) is 16.5. The smallest absolute Gasteiger partial charge is 0.128 e. The Labute approximate surface area is 165 Å². The lowest BCUT2D eigenvalue weighted by atomic mass is 10.0. The Bertz CT molecular complexity index is 731. The minimum absolute atomic E-state index is 0.187. The Morgan fingerprint density at radius 1 is 1.11 bits per heavy atom. The molecule has 27 heavy (non-hydrogen) atoms. The van der Waals surface area contributed by atoms with E-state index in [1.54, 1.807) is 14.2 Å². The minimum Gasteiger partial charge on any atom is -0.399 e. The highest BCUT2D eigenvalue weighted by molar-refractivity contribution is 6.30. The Morgan fingerprint density at radius 2 is 1.85 bits per heavy atom. The van der Waals surface area contributed by atoms with Crippen molar-refractivity contribution in [2.45, 2.75) is 6.10 Å². The molecule has 2 aromatic rings. The summed E-state index contributed by atoms with van der Waals surface area (Å²) in [5.74, 6) is 1.03. The number of methoxy groups -OCH3 is 1. The van der Waals surface area contributed by atoms with Gasteiger partial charge in [0.15, 0.2) is 0 Å². The summed E-state index contributed by atoms with van der Waals surface area (Å²) < 4.78 is 5.75. The van der Waals surface area contributed by atoms with Crippen LogP contribution in [0.3, 0.4) is 0 Å². The van der Waals surface area contributed by atoms with Crippen molar-refractivity contribution >= 4 is 23.1 Å². The highest BCUT2D eigenvalue weighted by Crippen LogP contribution is 2.16. The van der Waals surface area contributed by atoms with Crippen LogP contribution in [-0.4, -0.2) is 68.6 Å². The maximum Gasteiger partial charge on any atom is 0.128 e. The fraction of sp³-hybridized carbons (Fsp3) is 0.400. The number of hydrogen-bond acceptors (Lipinski definition) is 6. The van der Waals surface area contributed by atoms with Gasteiger partial charge < -0.3 is 14.5 Å². The van der Waals surface area contributed by atoms with Crippen LogP contribution in [0, 0.1) is 0 Å². The Hall–Kier alpha value is -2.15. The van der Waals surface area contributed by atoms with E-state index in [1.807, 2.05) is 42.6 Å². The average Bonchev–Trinajstić information content (AvgIpc) is 2.72. The number of ether oxygens (including phenoxy) is 1. The van der Waals surface area contributed by atoms with Crippen LogP contribution >= 0.6 is 11.6 Å². The normalized spacial score (nSPS) is 17.0. The van der Waals surface area contributed by atoms with Crippen LogP contribution in [0.5, 0.6) is 0 Å². The topological polar surface area (TPSA) is 50.2 Å². The van der Waals surface area contributed by atoms with E-state index in [2.05, 4.69) is 26.0 Å². The number of oxime groups is 1. The minimum atomic E-state index is -0.187. The fourth-order valence-corrected chi connectivity index (χ4v) is 3.35. The molecule has 0 aliphatic carbocycles. The van der Waals surface area contributed by atoms with E-state index < -0.39 is 0 Å². The lowest BCUT2D eigenvalue weighted by molar-refractivity contribution is 0.102. The summed E-state index contributed by atoms with van der Waals surface area (Å²) in [6, 6.07) is 13.6. The summed E-state index contributed by atoms with van der Waals surface area (Å²) in [4.78, 5) is 14.2. The van der Waals surface area contributed by atoms with E-state index in [9.17, 15) is 0 Å². The number of aromatic nitrogens is 1. The van der Waals surface area contributed by atoms with E-state index in [0.29, 0.717) is 5.02 Å². The van der Waals surface area contributed by atoms with Crippen LogP contribution in [-0.2, 0) is 9.57 Å². The number of hydrogen-bond donors (Lipinski definition) is 0. The van der Waals surface area contributed by atoms with Gasteiger partial charge in [-0.1, -0.05) is 35.0 Å². The van der Waals surface area contributed by atoms with E-state index >= 15 is 0 Å². The molecule has 0 saturated carbocycles. The number of rotatable bonds is 7. The molecule has 1 atom stereocenters. The Kier molecular flexibility index (Phi) is 7.04. The van der Waals surface area contributed by atoms with E-state index in [-0.39, 0.29) is 6.10 Å². The number of halogens is 1. The molecule has 1 aromatic heterocycles. The van der Waals surface area contributed by atoms with Crippen molar-refractivity contribution in [1.82, 2.24) is 9.88 Å². The van der Waals surface area contributed by atoms with Crippen molar-refractivity contribution in [1.29, 1.82) is 0 Å². The van der Waals surface area contributed by atoms with Gasteiger partial charge in [-0.3, -0.25) is 4.90 Å². The molecule has 144 valence electrons. The van der Waals surface area contributed by atoms with Crippen LogP contribution in [0.4, 0.5) is 5.82 Å². The highest BCUT2D eigenvalue weighted by Gasteiger charge is 2.25. The predicted octanol–water partition coefficient (Wildman–Crippen LogP) is 2.92. The van der Waals surface area contributed by atoms with Gasteiger partial charge in [0.25, 0.3) is 0 Å². The number of pyridine rings is 1. The monoisotopic (exact) mass is 388 g/mol. The molecule has 1 unspecified atom stereocenters. The third-order valence-electron chi connectivity index (χ3n) is 4.69. The average molecular weight is 389 g/mol. The van der Waals surface area contributed by atoms with Gasteiger partial charge in [0, 0.05) is 56.6 Å². The van der Waals surface area contributed by atoms with Crippen molar-refractivity contribution < 1.29 is 9.57 Å². The second-order valence-corrected chi connectivity index (χ2v) is 6.80. The first kappa shape index (κ1) is 19.6. The van der Waals surface area contributed by atoms with Gasteiger partial charge in [-0.25, -0.2) is 4.98 Å². The predicted molar refractivity (Wildman–Crippen MR) is 109 cm³/mol. The summed E-state index contributed by atoms with van der Waals surface area (Å²) in [6.45, 7) is 4.50. The van der Waals surface area contributed by atoms with Gasteiger partial charge in [-0.2, -0.15) is 0 Å². The first-order valence-corrected chi connectivity index (χ1v) is 9.37. The van der Waals surface area contributed by atoms with Crippen LogP contribution < -0.4 is 4.90 Å². The summed E-state index contributed by atoms with van der Waals surface area (Å²) in [7, 11) is 3.25. The molecular formula is C20H25ClN4O2. The molecular weight excluding hydrogens is 364 g/mol. The third kappa shape index (κ3) is 5.19. The van der Waals surface area contributed by atoms with Crippen molar-refractivity contribution in [3.05, 3.63) is 59.2 Å². The molecule has 0 spiro atoms. The number of nitrogens with zero attached hydrogens (tertiary/aromatic N) is 4. The largest absolute Gasteiger partial charge is 0.399 e. The van der Waals surface area contributed by atoms with Crippen molar-refractivity contribution in [3.8, 4) is 0 Å². The van der Waals surface area contributed by atoms with E-state index in [4.69, 9.17) is 21.2 Å². The molecule has 7 heteroatoms. The lowest BCUT2D eigenvalue weighted by Crippen LogP contribution is -2.50. The fourth-order valence-electron chi connectivity index (χ4n) is 3.22. The van der Waals surface area contributed by atoms with Crippen LogP contribution in [0.1, 0.15) is 5.56 Å². The SMILES string of the molecule is CO/N=C(/c1ccc(Cl)cc1)C(CN1CCN(c2ccccn2)CC1)OC. The van der Waals surface area contributed by atoms with Crippen LogP contribution in [0.25, 0.3) is 0 Å². The van der Waals surface area contributed by atoms with Crippen molar-refractivity contribution in [2.24, 2.45) is 5.16 Å². The summed E-state index contributed by atoms with van der Waals surface area (Å²) in [5, 5.41) is 4.91. The maximum absolute atomic E-state index is 6.01. The first-order chi connectivity index (χ1) is 13.2. The van der Waals surface area contributed by atoms with Crippen LogP contribution in [0.15, 0.2) is 53.8 Å². The molecule has 0 radical (unpaired) electrons. The number of piperazine rings is 1. The highest BCUT2D eigenvalue weighted by atomic mass is 35.5. The number of benzene rings is 1. The molecule has 0 amide bonds. The van der Waals surface area contributed by atoms with Gasteiger partial charge in [0.1, 0.15) is 24.7 Å². The third-order valence-corrected chi connectivity index (χ3v) is 4.94. The molecule has 6 nitrogen and oxygen atoms in total. The van der Waals surface area contributed by atoms with Gasteiger partial charge in [0.05, 0.1) is 0 Å². The van der Waals surface area contributed by atoms with E-state index in [1.165, 1.54) is 0 Å². The van der Waals surface area contributed by atoms with Gasteiger partial charge in [-0.05, 0) is 24.3 Å².